The number of methoxy groups -OCH3 is 2. The Labute approximate surface area is 188 Å². The summed E-state index contributed by atoms with van der Waals surface area (Å²) >= 11 is 0. The standard InChI is InChI=1S/C25H29N3O4/c1-18-23(13-14-24(29)27-15-4-5-16-27)25(32-22-8-6-7-21(17-22)31-3)28(26-18)19-9-11-20(30-2)12-10-19/h6-12,17H,4-5,13-16H2,1-3H3. The number of amides is 1. The van der Waals surface area contributed by atoms with Gasteiger partial charge in [0.05, 0.1) is 25.6 Å². The smallest absolute Gasteiger partial charge is 0.226 e. The molecule has 1 aliphatic heterocycles. The maximum absolute atomic E-state index is 12.7. The van der Waals surface area contributed by atoms with Crippen LogP contribution in [0, 0.1) is 6.92 Å². The van der Waals surface area contributed by atoms with Crippen LogP contribution in [0.15, 0.2) is 48.5 Å². The molecule has 1 amide bonds. The minimum atomic E-state index is 0.187. The molecule has 0 atom stereocenters. The lowest BCUT2D eigenvalue weighted by Gasteiger charge is -2.16. The second kappa shape index (κ2) is 9.77. The number of hydrogen-bond donors (Lipinski definition) is 0. The van der Waals surface area contributed by atoms with Crippen LogP contribution in [0.25, 0.3) is 5.69 Å². The molecule has 0 N–H and O–H groups in total. The third-order valence-corrected chi connectivity index (χ3v) is 5.76. The summed E-state index contributed by atoms with van der Waals surface area (Å²) in [5.74, 6) is 2.91. The van der Waals surface area contributed by atoms with Gasteiger partial charge in [0.15, 0.2) is 0 Å². The number of carbonyl (C=O) groups is 1. The molecule has 0 unspecified atom stereocenters. The van der Waals surface area contributed by atoms with Crippen molar-refractivity contribution in [2.75, 3.05) is 27.3 Å². The zero-order chi connectivity index (χ0) is 22.5. The van der Waals surface area contributed by atoms with Crippen LogP contribution in [-0.4, -0.2) is 47.9 Å². The van der Waals surface area contributed by atoms with Crippen LogP contribution < -0.4 is 14.2 Å². The van der Waals surface area contributed by atoms with Crippen molar-refractivity contribution >= 4 is 5.91 Å². The van der Waals surface area contributed by atoms with Gasteiger partial charge < -0.3 is 19.1 Å². The van der Waals surface area contributed by atoms with E-state index < -0.39 is 0 Å². The van der Waals surface area contributed by atoms with Crippen LogP contribution >= 0.6 is 0 Å². The second-order valence-electron chi connectivity index (χ2n) is 7.85. The highest BCUT2D eigenvalue weighted by molar-refractivity contribution is 5.76. The Bertz CT molecular complexity index is 1070. The number of hydrogen-bond acceptors (Lipinski definition) is 5. The first-order chi connectivity index (χ1) is 15.6. The van der Waals surface area contributed by atoms with Crippen LogP contribution in [-0.2, 0) is 11.2 Å². The SMILES string of the molecule is COc1ccc(-n2nc(C)c(CCC(=O)N3CCCC3)c2Oc2cccc(OC)c2)cc1. The molecule has 1 aromatic heterocycles. The number of likely N-dealkylation sites (tertiary alicyclic amines) is 1. The van der Waals surface area contributed by atoms with Gasteiger partial charge >= 0.3 is 0 Å². The molecule has 0 aliphatic carbocycles. The van der Waals surface area contributed by atoms with Gasteiger partial charge in [-0.1, -0.05) is 6.07 Å². The molecule has 7 heteroatoms. The first kappa shape index (κ1) is 21.7. The third kappa shape index (κ3) is 4.72. The largest absolute Gasteiger partial charge is 0.497 e. The molecule has 1 saturated heterocycles. The van der Waals surface area contributed by atoms with E-state index in [1.54, 1.807) is 18.9 Å². The zero-order valence-corrected chi connectivity index (χ0v) is 18.8. The van der Waals surface area contributed by atoms with E-state index in [1.165, 1.54) is 0 Å². The van der Waals surface area contributed by atoms with E-state index >= 15 is 0 Å². The van der Waals surface area contributed by atoms with E-state index in [9.17, 15) is 4.79 Å². The highest BCUT2D eigenvalue weighted by atomic mass is 16.5. The van der Waals surface area contributed by atoms with Gasteiger partial charge in [0, 0.05) is 31.1 Å². The molecular weight excluding hydrogens is 406 g/mol. The van der Waals surface area contributed by atoms with E-state index in [0.717, 1.165) is 48.6 Å². The van der Waals surface area contributed by atoms with Crippen molar-refractivity contribution in [3.8, 4) is 28.8 Å². The van der Waals surface area contributed by atoms with Gasteiger partial charge in [-0.15, -0.1) is 0 Å². The summed E-state index contributed by atoms with van der Waals surface area (Å²) in [5.41, 5.74) is 2.62. The molecule has 4 rings (SSSR count). The van der Waals surface area contributed by atoms with Crippen LogP contribution in [0.3, 0.4) is 0 Å². The number of rotatable bonds is 8. The van der Waals surface area contributed by atoms with E-state index in [2.05, 4.69) is 0 Å². The van der Waals surface area contributed by atoms with Gasteiger partial charge in [-0.2, -0.15) is 5.10 Å². The predicted molar refractivity (Wildman–Crippen MR) is 122 cm³/mol. The average Bonchev–Trinajstić information content (AvgIpc) is 3.47. The molecule has 2 heterocycles. The third-order valence-electron chi connectivity index (χ3n) is 5.76. The van der Waals surface area contributed by atoms with Crippen molar-refractivity contribution in [1.29, 1.82) is 0 Å². The number of aryl methyl sites for hydroxylation is 1. The number of benzene rings is 2. The Balaban J connectivity index is 1.67. The van der Waals surface area contributed by atoms with Crippen LogP contribution in [0.4, 0.5) is 0 Å². The lowest BCUT2D eigenvalue weighted by molar-refractivity contribution is -0.130. The van der Waals surface area contributed by atoms with E-state index in [4.69, 9.17) is 19.3 Å². The van der Waals surface area contributed by atoms with Gasteiger partial charge in [0.25, 0.3) is 0 Å². The molecule has 168 valence electrons. The van der Waals surface area contributed by atoms with Crippen molar-refractivity contribution in [2.45, 2.75) is 32.6 Å². The molecule has 2 aromatic carbocycles. The second-order valence-corrected chi connectivity index (χ2v) is 7.85. The lowest BCUT2D eigenvalue weighted by Crippen LogP contribution is -2.27. The van der Waals surface area contributed by atoms with E-state index in [1.807, 2.05) is 60.4 Å². The van der Waals surface area contributed by atoms with Crippen LogP contribution in [0.1, 0.15) is 30.5 Å². The topological polar surface area (TPSA) is 65.8 Å². The Hall–Kier alpha value is -3.48. The quantitative estimate of drug-likeness (QED) is 0.520. The molecular formula is C25H29N3O4. The summed E-state index contributed by atoms with van der Waals surface area (Å²) in [6, 6.07) is 15.1. The number of ether oxygens (including phenoxy) is 3. The molecule has 0 radical (unpaired) electrons. The maximum Gasteiger partial charge on any atom is 0.226 e. The molecule has 0 bridgehead atoms. The summed E-state index contributed by atoms with van der Waals surface area (Å²) in [6.07, 6.45) is 3.18. The normalized spacial score (nSPS) is 13.3. The monoisotopic (exact) mass is 435 g/mol. The van der Waals surface area contributed by atoms with E-state index in [-0.39, 0.29) is 5.91 Å². The summed E-state index contributed by atoms with van der Waals surface area (Å²) in [4.78, 5) is 14.6. The minimum absolute atomic E-state index is 0.187. The van der Waals surface area contributed by atoms with Crippen molar-refractivity contribution in [3.05, 3.63) is 59.8 Å². The summed E-state index contributed by atoms with van der Waals surface area (Å²) < 4.78 is 18.7. The first-order valence-corrected chi connectivity index (χ1v) is 10.9. The Morgan fingerprint density at radius 1 is 0.969 bits per heavy atom. The van der Waals surface area contributed by atoms with Gasteiger partial charge in [-0.05, 0) is 62.6 Å². The Kier molecular flexibility index (Phi) is 6.63. The first-order valence-electron chi connectivity index (χ1n) is 10.9. The summed E-state index contributed by atoms with van der Waals surface area (Å²) in [5, 5.41) is 4.75. The number of aromatic nitrogens is 2. The van der Waals surface area contributed by atoms with Crippen molar-refractivity contribution in [3.63, 3.8) is 0 Å². The Morgan fingerprint density at radius 3 is 2.34 bits per heavy atom. The molecule has 1 aliphatic rings. The summed E-state index contributed by atoms with van der Waals surface area (Å²) in [7, 11) is 3.26. The van der Waals surface area contributed by atoms with Crippen LogP contribution in [0.2, 0.25) is 0 Å². The van der Waals surface area contributed by atoms with Gasteiger partial charge in [0.1, 0.15) is 17.2 Å². The summed E-state index contributed by atoms with van der Waals surface area (Å²) in [6.45, 7) is 3.67. The molecule has 7 nitrogen and oxygen atoms in total. The fourth-order valence-corrected chi connectivity index (χ4v) is 3.96. The predicted octanol–water partition coefficient (Wildman–Crippen LogP) is 4.55. The zero-order valence-electron chi connectivity index (χ0n) is 18.8. The van der Waals surface area contributed by atoms with Crippen LogP contribution in [0.5, 0.6) is 23.1 Å². The van der Waals surface area contributed by atoms with Crippen molar-refractivity contribution < 1.29 is 19.0 Å². The molecule has 32 heavy (non-hydrogen) atoms. The molecule has 0 spiro atoms. The molecule has 0 saturated carbocycles. The van der Waals surface area contributed by atoms with Crippen molar-refractivity contribution in [1.82, 2.24) is 14.7 Å². The van der Waals surface area contributed by atoms with Crippen molar-refractivity contribution in [2.24, 2.45) is 0 Å². The highest BCUT2D eigenvalue weighted by Gasteiger charge is 2.23. The fourth-order valence-electron chi connectivity index (χ4n) is 3.96. The fraction of sp³-hybridized carbons (Fsp3) is 0.360. The lowest BCUT2D eigenvalue weighted by atomic mass is 10.1. The number of nitrogens with zero attached hydrogens (tertiary/aromatic N) is 3. The average molecular weight is 436 g/mol. The highest BCUT2D eigenvalue weighted by Crippen LogP contribution is 2.33. The minimum Gasteiger partial charge on any atom is -0.497 e. The molecule has 3 aromatic rings. The van der Waals surface area contributed by atoms with E-state index in [0.29, 0.717) is 30.2 Å². The van der Waals surface area contributed by atoms with Gasteiger partial charge in [-0.25, -0.2) is 4.68 Å². The molecule has 1 fully saturated rings. The maximum atomic E-state index is 12.7. The van der Waals surface area contributed by atoms with Gasteiger partial charge in [-0.3, -0.25) is 4.79 Å². The Morgan fingerprint density at radius 2 is 1.66 bits per heavy atom. The van der Waals surface area contributed by atoms with Gasteiger partial charge in [0.2, 0.25) is 11.8 Å². The number of carbonyl (C=O) groups excluding carboxylic acids is 1.